The van der Waals surface area contributed by atoms with Crippen LogP contribution in [0.5, 0.6) is 0 Å². The number of amides is 1. The highest BCUT2D eigenvalue weighted by Gasteiger charge is 2.19. The monoisotopic (exact) mass is 323 g/mol. The summed E-state index contributed by atoms with van der Waals surface area (Å²) in [5.41, 5.74) is 7.30. The molecule has 24 heavy (non-hydrogen) atoms. The summed E-state index contributed by atoms with van der Waals surface area (Å²) < 4.78 is 5.33. The maximum atomic E-state index is 12.3. The van der Waals surface area contributed by atoms with Gasteiger partial charge in [-0.3, -0.25) is 4.79 Å². The number of oxazole rings is 1. The number of carbonyl (C=O) groups excluding carboxylic acids is 1. The van der Waals surface area contributed by atoms with Crippen LogP contribution in [-0.4, -0.2) is 10.9 Å². The Kier molecular flexibility index (Phi) is 4.62. The van der Waals surface area contributed by atoms with Crippen LogP contribution in [0.25, 0.3) is 10.8 Å². The first-order valence-electron chi connectivity index (χ1n) is 8.02. The van der Waals surface area contributed by atoms with Crippen molar-refractivity contribution in [3.8, 4) is 0 Å². The first-order chi connectivity index (χ1) is 11.6. The van der Waals surface area contributed by atoms with E-state index in [-0.39, 0.29) is 23.6 Å². The van der Waals surface area contributed by atoms with E-state index in [0.29, 0.717) is 12.4 Å². The Labute approximate surface area is 140 Å². The van der Waals surface area contributed by atoms with Gasteiger partial charge in [-0.05, 0) is 22.3 Å². The minimum Gasteiger partial charge on any atom is -0.446 e. The largest absolute Gasteiger partial charge is 0.446 e. The van der Waals surface area contributed by atoms with Crippen molar-refractivity contribution in [3.63, 3.8) is 0 Å². The summed E-state index contributed by atoms with van der Waals surface area (Å²) >= 11 is 0. The van der Waals surface area contributed by atoms with Crippen molar-refractivity contribution in [3.05, 3.63) is 65.9 Å². The molecular weight excluding hydrogens is 302 g/mol. The van der Waals surface area contributed by atoms with Crippen LogP contribution in [-0.2, 0) is 6.54 Å². The minimum absolute atomic E-state index is 0.190. The maximum absolute atomic E-state index is 12.3. The first kappa shape index (κ1) is 16.2. The lowest BCUT2D eigenvalue weighted by Gasteiger charge is -2.10. The Hall–Kier alpha value is -2.66. The zero-order valence-electron chi connectivity index (χ0n) is 13.8. The number of hydrogen-bond donors (Lipinski definition) is 2. The zero-order valence-corrected chi connectivity index (χ0v) is 13.8. The number of hydrogen-bond acceptors (Lipinski definition) is 4. The molecule has 0 aliphatic heterocycles. The molecule has 124 valence electrons. The molecule has 0 saturated carbocycles. The van der Waals surface area contributed by atoms with Crippen LogP contribution in [0, 0.1) is 5.92 Å². The average Bonchev–Trinajstić information content (AvgIpc) is 3.09. The van der Waals surface area contributed by atoms with E-state index in [1.807, 2.05) is 44.2 Å². The standard InChI is InChI=1S/C19H21N3O2/c1-12(2)17(20)19-22-16(11-24-19)18(23)21-10-14-8-5-7-13-6-3-4-9-15(13)14/h3-9,11-12,17H,10,20H2,1-2H3,(H,21,23). The fraction of sp³-hybridized carbons (Fsp3) is 0.263. The van der Waals surface area contributed by atoms with Gasteiger partial charge in [-0.25, -0.2) is 4.98 Å². The molecule has 0 bridgehead atoms. The second kappa shape index (κ2) is 6.84. The van der Waals surface area contributed by atoms with Crippen LogP contribution in [0.2, 0.25) is 0 Å². The van der Waals surface area contributed by atoms with Crippen molar-refractivity contribution in [2.45, 2.75) is 26.4 Å². The van der Waals surface area contributed by atoms with E-state index in [4.69, 9.17) is 10.2 Å². The van der Waals surface area contributed by atoms with Gasteiger partial charge in [0.25, 0.3) is 5.91 Å². The number of fused-ring (bicyclic) bond motifs is 1. The second-order valence-electron chi connectivity index (χ2n) is 6.16. The molecule has 2 aromatic carbocycles. The predicted molar refractivity (Wildman–Crippen MR) is 93.4 cm³/mol. The summed E-state index contributed by atoms with van der Waals surface area (Å²) in [5, 5.41) is 5.16. The van der Waals surface area contributed by atoms with Gasteiger partial charge in [0.1, 0.15) is 6.26 Å². The molecule has 1 atom stereocenters. The summed E-state index contributed by atoms with van der Waals surface area (Å²) in [4.78, 5) is 16.5. The van der Waals surface area contributed by atoms with Crippen LogP contribution in [0.1, 0.15) is 41.8 Å². The molecule has 0 spiro atoms. The van der Waals surface area contributed by atoms with Crippen molar-refractivity contribution in [1.29, 1.82) is 0 Å². The molecule has 3 aromatic rings. The van der Waals surface area contributed by atoms with Crippen molar-refractivity contribution in [1.82, 2.24) is 10.3 Å². The van der Waals surface area contributed by atoms with Gasteiger partial charge in [0.15, 0.2) is 5.69 Å². The van der Waals surface area contributed by atoms with Crippen molar-refractivity contribution < 1.29 is 9.21 Å². The van der Waals surface area contributed by atoms with Gasteiger partial charge in [0.05, 0.1) is 6.04 Å². The third-order valence-corrected chi connectivity index (χ3v) is 4.08. The molecule has 0 aliphatic rings. The first-order valence-corrected chi connectivity index (χ1v) is 8.02. The van der Waals surface area contributed by atoms with E-state index in [9.17, 15) is 4.79 Å². The maximum Gasteiger partial charge on any atom is 0.273 e. The van der Waals surface area contributed by atoms with Gasteiger partial charge >= 0.3 is 0 Å². The molecule has 1 heterocycles. The topological polar surface area (TPSA) is 81.1 Å². The number of rotatable bonds is 5. The number of nitrogens with zero attached hydrogens (tertiary/aromatic N) is 1. The fourth-order valence-corrected chi connectivity index (χ4v) is 2.54. The van der Waals surface area contributed by atoms with Gasteiger partial charge in [-0.2, -0.15) is 0 Å². The van der Waals surface area contributed by atoms with E-state index in [2.05, 4.69) is 22.4 Å². The van der Waals surface area contributed by atoms with Crippen molar-refractivity contribution in [2.24, 2.45) is 11.7 Å². The number of carbonyl (C=O) groups is 1. The number of benzene rings is 2. The highest BCUT2D eigenvalue weighted by atomic mass is 16.3. The molecule has 3 N–H and O–H groups in total. The molecule has 0 fully saturated rings. The van der Waals surface area contributed by atoms with E-state index < -0.39 is 0 Å². The summed E-state index contributed by atoms with van der Waals surface area (Å²) in [6.45, 7) is 4.39. The van der Waals surface area contributed by atoms with E-state index in [0.717, 1.165) is 16.3 Å². The van der Waals surface area contributed by atoms with Gasteiger partial charge in [0.2, 0.25) is 5.89 Å². The van der Waals surface area contributed by atoms with Crippen LogP contribution >= 0.6 is 0 Å². The van der Waals surface area contributed by atoms with E-state index in [1.165, 1.54) is 6.26 Å². The molecular formula is C19H21N3O2. The number of nitrogens with one attached hydrogen (secondary N) is 1. The molecule has 3 rings (SSSR count). The molecule has 1 aromatic heterocycles. The minimum atomic E-state index is -0.315. The summed E-state index contributed by atoms with van der Waals surface area (Å²) in [7, 11) is 0. The number of aromatic nitrogens is 1. The van der Waals surface area contributed by atoms with Crippen LogP contribution in [0.3, 0.4) is 0 Å². The molecule has 5 nitrogen and oxygen atoms in total. The summed E-state index contributed by atoms with van der Waals surface area (Å²) in [6.07, 6.45) is 1.36. The number of nitrogens with two attached hydrogens (primary N) is 1. The average molecular weight is 323 g/mol. The second-order valence-corrected chi connectivity index (χ2v) is 6.16. The molecule has 0 aliphatic carbocycles. The Balaban J connectivity index is 1.71. The zero-order chi connectivity index (χ0) is 17.1. The van der Waals surface area contributed by atoms with Crippen molar-refractivity contribution in [2.75, 3.05) is 0 Å². The van der Waals surface area contributed by atoms with Crippen LogP contribution in [0.15, 0.2) is 53.1 Å². The SMILES string of the molecule is CC(C)C(N)c1nc(C(=O)NCc2cccc3ccccc23)co1. The molecule has 0 radical (unpaired) electrons. The third kappa shape index (κ3) is 3.31. The lowest BCUT2D eigenvalue weighted by atomic mass is 10.0. The molecule has 5 heteroatoms. The van der Waals surface area contributed by atoms with E-state index in [1.54, 1.807) is 0 Å². The Morgan fingerprint density at radius 2 is 1.96 bits per heavy atom. The Morgan fingerprint density at radius 1 is 1.21 bits per heavy atom. The predicted octanol–water partition coefficient (Wildman–Crippen LogP) is 3.41. The lowest BCUT2D eigenvalue weighted by molar-refractivity contribution is 0.0946. The van der Waals surface area contributed by atoms with Gasteiger partial charge in [-0.1, -0.05) is 56.3 Å². The van der Waals surface area contributed by atoms with Gasteiger partial charge in [0, 0.05) is 6.54 Å². The van der Waals surface area contributed by atoms with E-state index >= 15 is 0 Å². The molecule has 0 saturated heterocycles. The molecule has 1 unspecified atom stereocenters. The highest BCUT2D eigenvalue weighted by molar-refractivity contribution is 5.92. The smallest absolute Gasteiger partial charge is 0.273 e. The third-order valence-electron chi connectivity index (χ3n) is 4.08. The lowest BCUT2D eigenvalue weighted by Crippen LogP contribution is -2.24. The highest BCUT2D eigenvalue weighted by Crippen LogP contribution is 2.19. The normalized spacial score (nSPS) is 12.5. The van der Waals surface area contributed by atoms with Gasteiger partial charge < -0.3 is 15.5 Å². The van der Waals surface area contributed by atoms with Crippen LogP contribution in [0.4, 0.5) is 0 Å². The Morgan fingerprint density at radius 3 is 2.75 bits per heavy atom. The quantitative estimate of drug-likeness (QED) is 0.754. The van der Waals surface area contributed by atoms with Crippen LogP contribution < -0.4 is 11.1 Å². The fourth-order valence-electron chi connectivity index (χ4n) is 2.54. The molecule has 1 amide bonds. The summed E-state index contributed by atoms with van der Waals surface area (Å²) in [5.74, 6) is 0.310. The van der Waals surface area contributed by atoms with Crippen molar-refractivity contribution >= 4 is 16.7 Å². The van der Waals surface area contributed by atoms with Gasteiger partial charge in [-0.15, -0.1) is 0 Å². The summed E-state index contributed by atoms with van der Waals surface area (Å²) in [6, 6.07) is 13.8. The Bertz CT molecular complexity index is 849.